The Morgan fingerprint density at radius 1 is 1.45 bits per heavy atom. The molecule has 2 N–H and O–H groups in total. The van der Waals surface area contributed by atoms with Crippen LogP contribution in [-0.2, 0) is 17.6 Å². The number of hydrogen-bond donors (Lipinski definition) is 2. The van der Waals surface area contributed by atoms with E-state index in [1.54, 1.807) is 0 Å². The number of amides is 1. The van der Waals surface area contributed by atoms with Crippen LogP contribution in [0.15, 0.2) is 22.7 Å². The Morgan fingerprint density at radius 2 is 2.25 bits per heavy atom. The molecular formula is C16H19BrN2O. The molecule has 3 rings (SSSR count). The van der Waals surface area contributed by atoms with Gasteiger partial charge in [-0.3, -0.25) is 4.79 Å². The first kappa shape index (κ1) is 13.7. The van der Waals surface area contributed by atoms with E-state index < -0.39 is 0 Å². The summed E-state index contributed by atoms with van der Waals surface area (Å²) in [6, 6.07) is 6.59. The predicted octanol–water partition coefficient (Wildman–Crippen LogP) is 3.56. The van der Waals surface area contributed by atoms with Crippen molar-refractivity contribution in [1.29, 1.82) is 0 Å². The Labute approximate surface area is 127 Å². The van der Waals surface area contributed by atoms with Crippen molar-refractivity contribution in [3.8, 4) is 0 Å². The molecule has 1 aromatic carbocycles. The van der Waals surface area contributed by atoms with E-state index >= 15 is 0 Å². The highest BCUT2D eigenvalue weighted by molar-refractivity contribution is 9.10. The summed E-state index contributed by atoms with van der Waals surface area (Å²) in [5.41, 5.74) is 3.88. The zero-order valence-electron chi connectivity index (χ0n) is 11.8. The van der Waals surface area contributed by atoms with Crippen molar-refractivity contribution in [2.24, 2.45) is 5.92 Å². The van der Waals surface area contributed by atoms with Gasteiger partial charge in [0.15, 0.2) is 0 Å². The molecule has 1 aliphatic rings. The lowest BCUT2D eigenvalue weighted by Gasteiger charge is -2.24. The first-order chi connectivity index (χ1) is 9.54. The number of carbonyl (C=O) groups excluding carboxylic acids is 1. The van der Waals surface area contributed by atoms with Gasteiger partial charge in [0.1, 0.15) is 0 Å². The number of aryl methyl sites for hydroxylation is 1. The molecule has 1 aromatic heterocycles. The Morgan fingerprint density at radius 3 is 3.00 bits per heavy atom. The molecule has 106 valence electrons. The number of nitrogens with one attached hydrogen (secondary N) is 2. The number of hydrogen-bond acceptors (Lipinski definition) is 1. The van der Waals surface area contributed by atoms with Gasteiger partial charge < -0.3 is 10.3 Å². The summed E-state index contributed by atoms with van der Waals surface area (Å²) in [5.74, 6) is 0.202. The molecule has 0 saturated carbocycles. The van der Waals surface area contributed by atoms with Gasteiger partial charge in [-0.25, -0.2) is 0 Å². The number of benzene rings is 1. The molecular weight excluding hydrogens is 316 g/mol. The zero-order chi connectivity index (χ0) is 14.3. The molecule has 4 heteroatoms. The van der Waals surface area contributed by atoms with Crippen molar-refractivity contribution in [3.63, 3.8) is 0 Å². The normalized spacial score (nSPS) is 18.3. The van der Waals surface area contributed by atoms with Crippen LogP contribution in [0.2, 0.25) is 0 Å². The molecule has 1 amide bonds. The highest BCUT2D eigenvalue weighted by Gasteiger charge is 2.24. The fraction of sp³-hybridized carbons (Fsp3) is 0.438. The van der Waals surface area contributed by atoms with E-state index in [0.29, 0.717) is 0 Å². The van der Waals surface area contributed by atoms with Crippen molar-refractivity contribution in [1.82, 2.24) is 10.3 Å². The van der Waals surface area contributed by atoms with E-state index in [4.69, 9.17) is 0 Å². The average Bonchev–Trinajstić information content (AvgIpc) is 2.76. The summed E-state index contributed by atoms with van der Waals surface area (Å²) in [7, 11) is 0. The molecule has 0 radical (unpaired) electrons. The molecule has 1 unspecified atom stereocenters. The van der Waals surface area contributed by atoms with Gasteiger partial charge in [0.2, 0.25) is 5.91 Å². The Hall–Kier alpha value is -1.29. The fourth-order valence-electron chi connectivity index (χ4n) is 2.88. The minimum atomic E-state index is 0.0495. The van der Waals surface area contributed by atoms with Crippen LogP contribution in [0.5, 0.6) is 0 Å². The van der Waals surface area contributed by atoms with Gasteiger partial charge >= 0.3 is 0 Å². The van der Waals surface area contributed by atoms with Gasteiger partial charge in [0.05, 0.1) is 0 Å². The van der Waals surface area contributed by atoms with Crippen molar-refractivity contribution in [3.05, 3.63) is 33.9 Å². The van der Waals surface area contributed by atoms with E-state index in [1.807, 2.05) is 13.8 Å². The minimum Gasteiger partial charge on any atom is -0.358 e. The largest absolute Gasteiger partial charge is 0.358 e. The number of H-pyrrole nitrogens is 1. The summed E-state index contributed by atoms with van der Waals surface area (Å²) in [6.07, 6.45) is 2.94. The van der Waals surface area contributed by atoms with E-state index in [-0.39, 0.29) is 17.9 Å². The molecule has 0 bridgehead atoms. The van der Waals surface area contributed by atoms with Gasteiger partial charge in [0.25, 0.3) is 0 Å². The Kier molecular flexibility index (Phi) is 3.59. The summed E-state index contributed by atoms with van der Waals surface area (Å²) in [5, 5.41) is 4.44. The monoisotopic (exact) mass is 334 g/mol. The minimum absolute atomic E-state index is 0.0495. The molecule has 0 spiro atoms. The fourth-order valence-corrected chi connectivity index (χ4v) is 3.24. The highest BCUT2D eigenvalue weighted by atomic mass is 79.9. The molecule has 0 fully saturated rings. The average molecular weight is 335 g/mol. The first-order valence-electron chi connectivity index (χ1n) is 7.14. The maximum Gasteiger partial charge on any atom is 0.222 e. The molecule has 0 saturated heterocycles. The topological polar surface area (TPSA) is 44.9 Å². The molecule has 1 aliphatic carbocycles. The van der Waals surface area contributed by atoms with Crippen LogP contribution in [0.25, 0.3) is 10.9 Å². The lowest BCUT2D eigenvalue weighted by molar-refractivity contribution is -0.124. The molecule has 1 heterocycles. The number of halogens is 1. The third-order valence-corrected chi connectivity index (χ3v) is 4.51. The first-order valence-corrected chi connectivity index (χ1v) is 7.93. The number of carbonyl (C=O) groups is 1. The van der Waals surface area contributed by atoms with Crippen LogP contribution < -0.4 is 5.32 Å². The third kappa shape index (κ3) is 2.49. The lowest BCUT2D eigenvalue weighted by Crippen LogP contribution is -2.40. The number of aromatic amines is 1. The maximum atomic E-state index is 11.9. The second kappa shape index (κ2) is 5.24. The van der Waals surface area contributed by atoms with Gasteiger partial charge in [-0.15, -0.1) is 0 Å². The van der Waals surface area contributed by atoms with E-state index in [1.165, 1.54) is 22.2 Å². The summed E-state index contributed by atoms with van der Waals surface area (Å²) < 4.78 is 1.10. The standard InChI is InChI=1S/C16H19BrN2O/c1-9(2)16(20)18-11-4-6-15-13(8-11)12-7-10(17)3-5-14(12)19-15/h3,5,7,9,11,19H,4,6,8H2,1-2H3,(H,18,20). The maximum absolute atomic E-state index is 11.9. The van der Waals surface area contributed by atoms with Crippen LogP contribution in [0, 0.1) is 5.92 Å². The zero-order valence-corrected chi connectivity index (χ0v) is 13.4. The Bertz CT molecular complexity index is 660. The van der Waals surface area contributed by atoms with Crippen LogP contribution in [-0.4, -0.2) is 16.9 Å². The second-order valence-corrected chi connectivity index (χ2v) is 6.79. The summed E-state index contributed by atoms with van der Waals surface area (Å²) in [6.45, 7) is 3.87. The van der Waals surface area contributed by atoms with Crippen molar-refractivity contribution in [2.75, 3.05) is 0 Å². The van der Waals surface area contributed by atoms with Crippen molar-refractivity contribution >= 4 is 32.7 Å². The molecule has 1 atom stereocenters. The van der Waals surface area contributed by atoms with Gasteiger partial charge in [-0.1, -0.05) is 29.8 Å². The predicted molar refractivity (Wildman–Crippen MR) is 84.8 cm³/mol. The second-order valence-electron chi connectivity index (χ2n) is 5.88. The molecule has 0 aliphatic heterocycles. The van der Waals surface area contributed by atoms with E-state index in [0.717, 1.165) is 23.7 Å². The van der Waals surface area contributed by atoms with Crippen LogP contribution in [0.4, 0.5) is 0 Å². The lowest BCUT2D eigenvalue weighted by atomic mass is 9.91. The van der Waals surface area contributed by atoms with Gasteiger partial charge in [-0.2, -0.15) is 0 Å². The van der Waals surface area contributed by atoms with E-state index in [9.17, 15) is 4.79 Å². The quantitative estimate of drug-likeness (QED) is 0.866. The van der Waals surface area contributed by atoms with Crippen molar-refractivity contribution in [2.45, 2.75) is 39.2 Å². The van der Waals surface area contributed by atoms with Crippen molar-refractivity contribution < 1.29 is 4.79 Å². The van der Waals surface area contributed by atoms with E-state index in [2.05, 4.69) is 44.4 Å². The van der Waals surface area contributed by atoms with Gasteiger partial charge in [0, 0.05) is 33.0 Å². The SMILES string of the molecule is CC(C)C(=O)NC1CCc2[nH]c3ccc(Br)cc3c2C1. The molecule has 3 nitrogen and oxygen atoms in total. The van der Waals surface area contributed by atoms with Crippen LogP contribution in [0.3, 0.4) is 0 Å². The summed E-state index contributed by atoms with van der Waals surface area (Å²) >= 11 is 3.54. The smallest absolute Gasteiger partial charge is 0.222 e. The third-order valence-electron chi connectivity index (χ3n) is 4.02. The van der Waals surface area contributed by atoms with Gasteiger partial charge in [-0.05, 0) is 43.0 Å². The highest BCUT2D eigenvalue weighted by Crippen LogP contribution is 2.31. The van der Waals surface area contributed by atoms with Crippen LogP contribution >= 0.6 is 15.9 Å². The molecule has 2 aromatic rings. The number of aromatic nitrogens is 1. The summed E-state index contributed by atoms with van der Waals surface area (Å²) in [4.78, 5) is 15.4. The molecule has 20 heavy (non-hydrogen) atoms. The number of fused-ring (bicyclic) bond motifs is 3. The van der Waals surface area contributed by atoms with Crippen LogP contribution in [0.1, 0.15) is 31.5 Å². The number of rotatable bonds is 2. The Balaban J connectivity index is 1.88.